The molecule has 0 spiro atoms. The van der Waals surface area contributed by atoms with Gasteiger partial charge in [0.2, 0.25) is 11.7 Å². The van der Waals surface area contributed by atoms with Crippen LogP contribution < -0.4 is 0 Å². The van der Waals surface area contributed by atoms with Crippen LogP contribution >= 0.6 is 0 Å². The number of hydrogen-bond acceptors (Lipinski definition) is 5. The molecule has 2 aromatic heterocycles. The maximum absolute atomic E-state index is 12.7. The molecule has 1 aliphatic carbocycles. The molecule has 1 amide bonds. The van der Waals surface area contributed by atoms with Crippen LogP contribution in [0.4, 0.5) is 0 Å². The number of rotatable bonds is 4. The first-order valence-electron chi connectivity index (χ1n) is 8.80. The minimum atomic E-state index is 0.192. The van der Waals surface area contributed by atoms with Crippen molar-refractivity contribution in [1.29, 1.82) is 0 Å². The smallest absolute Gasteiger partial charge is 0.225 e. The highest BCUT2D eigenvalue weighted by Gasteiger charge is 2.34. The SMILES string of the molecule is O=C(C1CCCC1)N1CCC[C@H]1Cn1nnc(-c2ccncc2)n1. The van der Waals surface area contributed by atoms with Crippen molar-refractivity contribution in [3.63, 3.8) is 0 Å². The molecule has 0 aromatic carbocycles. The van der Waals surface area contributed by atoms with Crippen molar-refractivity contribution < 1.29 is 4.79 Å². The highest BCUT2D eigenvalue weighted by molar-refractivity contribution is 5.79. The lowest BCUT2D eigenvalue weighted by Gasteiger charge is -2.26. The molecule has 7 nitrogen and oxygen atoms in total. The summed E-state index contributed by atoms with van der Waals surface area (Å²) in [6.07, 6.45) is 10.00. The van der Waals surface area contributed by atoms with E-state index in [1.807, 2.05) is 12.1 Å². The van der Waals surface area contributed by atoms with Crippen molar-refractivity contribution in [1.82, 2.24) is 30.1 Å². The Morgan fingerprint density at radius 3 is 2.71 bits per heavy atom. The quantitative estimate of drug-likeness (QED) is 0.858. The molecule has 0 N–H and O–H groups in total. The minimum absolute atomic E-state index is 0.192. The number of pyridine rings is 1. The minimum Gasteiger partial charge on any atom is -0.338 e. The molecule has 1 aliphatic heterocycles. The van der Waals surface area contributed by atoms with E-state index >= 15 is 0 Å². The Hall–Kier alpha value is -2.31. The lowest BCUT2D eigenvalue weighted by atomic mass is 10.1. The molecular weight excluding hydrogens is 304 g/mol. The number of hydrogen-bond donors (Lipinski definition) is 0. The standard InChI is InChI=1S/C17H22N6O/c24-17(14-4-1-2-5-14)22-11-3-6-15(22)12-23-20-16(19-21-23)13-7-9-18-10-8-13/h7-10,14-15H,1-6,11-12H2/t15-/m0/s1. The number of carbonyl (C=O) groups is 1. The second-order valence-electron chi connectivity index (χ2n) is 6.71. The summed E-state index contributed by atoms with van der Waals surface area (Å²) in [5.74, 6) is 1.18. The van der Waals surface area contributed by atoms with Gasteiger partial charge in [0.1, 0.15) is 0 Å². The Labute approximate surface area is 141 Å². The molecule has 1 saturated carbocycles. The fourth-order valence-electron chi connectivity index (χ4n) is 3.85. The van der Waals surface area contributed by atoms with E-state index in [1.165, 1.54) is 12.8 Å². The summed E-state index contributed by atoms with van der Waals surface area (Å²) >= 11 is 0. The van der Waals surface area contributed by atoms with Crippen LogP contribution in [0.3, 0.4) is 0 Å². The van der Waals surface area contributed by atoms with E-state index in [2.05, 4.69) is 25.3 Å². The molecule has 4 rings (SSSR count). The van der Waals surface area contributed by atoms with Crippen LogP contribution in [-0.4, -0.2) is 48.6 Å². The van der Waals surface area contributed by atoms with Crippen LogP contribution in [-0.2, 0) is 11.3 Å². The monoisotopic (exact) mass is 326 g/mol. The molecule has 3 heterocycles. The van der Waals surface area contributed by atoms with Crippen LogP contribution in [0.15, 0.2) is 24.5 Å². The molecule has 1 atom stereocenters. The Morgan fingerprint density at radius 2 is 1.92 bits per heavy atom. The summed E-state index contributed by atoms with van der Waals surface area (Å²) in [4.78, 5) is 20.4. The average molecular weight is 326 g/mol. The third-order valence-corrected chi connectivity index (χ3v) is 5.13. The summed E-state index contributed by atoms with van der Waals surface area (Å²) in [7, 11) is 0. The summed E-state index contributed by atoms with van der Waals surface area (Å²) < 4.78 is 0. The van der Waals surface area contributed by atoms with Gasteiger partial charge in [-0.15, -0.1) is 10.2 Å². The van der Waals surface area contributed by atoms with E-state index in [-0.39, 0.29) is 12.0 Å². The van der Waals surface area contributed by atoms with Gasteiger partial charge in [-0.3, -0.25) is 9.78 Å². The largest absolute Gasteiger partial charge is 0.338 e. The van der Waals surface area contributed by atoms with Crippen LogP contribution in [0.25, 0.3) is 11.4 Å². The van der Waals surface area contributed by atoms with E-state index in [4.69, 9.17) is 0 Å². The summed E-state index contributed by atoms with van der Waals surface area (Å²) in [5, 5.41) is 12.8. The van der Waals surface area contributed by atoms with Crippen molar-refractivity contribution in [2.75, 3.05) is 6.54 Å². The van der Waals surface area contributed by atoms with Gasteiger partial charge in [-0.25, -0.2) is 0 Å². The van der Waals surface area contributed by atoms with Crippen LogP contribution in [0.1, 0.15) is 38.5 Å². The van der Waals surface area contributed by atoms with Crippen molar-refractivity contribution in [3.8, 4) is 11.4 Å². The fourth-order valence-corrected chi connectivity index (χ4v) is 3.85. The van der Waals surface area contributed by atoms with Gasteiger partial charge in [-0.1, -0.05) is 12.8 Å². The molecule has 2 aliphatic rings. The number of carbonyl (C=O) groups excluding carboxylic acids is 1. The predicted octanol–water partition coefficient (Wildman–Crippen LogP) is 1.92. The lowest BCUT2D eigenvalue weighted by molar-refractivity contribution is -0.136. The first-order chi connectivity index (χ1) is 11.8. The Kier molecular flexibility index (Phi) is 4.23. The summed E-state index contributed by atoms with van der Waals surface area (Å²) in [6.45, 7) is 1.49. The average Bonchev–Trinajstić information content (AvgIpc) is 3.37. The second-order valence-corrected chi connectivity index (χ2v) is 6.71. The van der Waals surface area contributed by atoms with Crippen molar-refractivity contribution >= 4 is 5.91 Å². The Morgan fingerprint density at radius 1 is 1.12 bits per heavy atom. The van der Waals surface area contributed by atoms with Gasteiger partial charge < -0.3 is 4.90 Å². The van der Waals surface area contributed by atoms with E-state index in [1.54, 1.807) is 17.2 Å². The lowest BCUT2D eigenvalue weighted by Crippen LogP contribution is -2.41. The molecule has 2 aromatic rings. The Balaban J connectivity index is 1.44. The molecule has 1 saturated heterocycles. The molecule has 2 fully saturated rings. The number of amides is 1. The number of aromatic nitrogens is 5. The molecule has 0 bridgehead atoms. The van der Waals surface area contributed by atoms with Crippen LogP contribution in [0, 0.1) is 5.92 Å². The van der Waals surface area contributed by atoms with Crippen LogP contribution in [0.5, 0.6) is 0 Å². The first kappa shape index (κ1) is 15.2. The zero-order valence-electron chi connectivity index (χ0n) is 13.7. The molecule has 7 heteroatoms. The highest BCUT2D eigenvalue weighted by atomic mass is 16.2. The number of tetrazole rings is 1. The van der Waals surface area contributed by atoms with E-state index < -0.39 is 0 Å². The molecule has 126 valence electrons. The van der Waals surface area contributed by atoms with Gasteiger partial charge in [-0.05, 0) is 43.0 Å². The molecule has 0 radical (unpaired) electrons. The molecule has 0 unspecified atom stereocenters. The summed E-state index contributed by atoms with van der Waals surface area (Å²) in [6, 6.07) is 3.93. The Bertz CT molecular complexity index is 694. The summed E-state index contributed by atoms with van der Waals surface area (Å²) in [5.41, 5.74) is 0.904. The molecular formula is C17H22N6O. The van der Waals surface area contributed by atoms with Gasteiger partial charge >= 0.3 is 0 Å². The van der Waals surface area contributed by atoms with Gasteiger partial charge in [0.15, 0.2) is 0 Å². The third-order valence-electron chi connectivity index (χ3n) is 5.13. The zero-order valence-corrected chi connectivity index (χ0v) is 13.7. The molecule has 24 heavy (non-hydrogen) atoms. The fraction of sp³-hybridized carbons (Fsp3) is 0.588. The van der Waals surface area contributed by atoms with Gasteiger partial charge in [0, 0.05) is 30.4 Å². The predicted molar refractivity (Wildman–Crippen MR) is 87.7 cm³/mol. The van der Waals surface area contributed by atoms with Crippen molar-refractivity contribution in [2.24, 2.45) is 5.92 Å². The second kappa shape index (κ2) is 6.67. The van der Waals surface area contributed by atoms with E-state index in [0.29, 0.717) is 18.3 Å². The van der Waals surface area contributed by atoms with Crippen LogP contribution in [0.2, 0.25) is 0 Å². The zero-order chi connectivity index (χ0) is 16.4. The topological polar surface area (TPSA) is 76.8 Å². The highest BCUT2D eigenvalue weighted by Crippen LogP contribution is 2.30. The van der Waals surface area contributed by atoms with Crippen molar-refractivity contribution in [3.05, 3.63) is 24.5 Å². The number of nitrogens with zero attached hydrogens (tertiary/aromatic N) is 6. The maximum Gasteiger partial charge on any atom is 0.225 e. The van der Waals surface area contributed by atoms with E-state index in [9.17, 15) is 4.79 Å². The maximum atomic E-state index is 12.7. The van der Waals surface area contributed by atoms with Crippen molar-refractivity contribution in [2.45, 2.75) is 51.1 Å². The number of likely N-dealkylation sites (tertiary alicyclic amines) is 1. The van der Waals surface area contributed by atoms with Gasteiger partial charge in [0.25, 0.3) is 0 Å². The van der Waals surface area contributed by atoms with Gasteiger partial charge in [0.05, 0.1) is 12.6 Å². The third kappa shape index (κ3) is 3.02. The normalized spacial score (nSPS) is 21.5. The first-order valence-corrected chi connectivity index (χ1v) is 8.80. The van der Waals surface area contributed by atoms with Gasteiger partial charge in [-0.2, -0.15) is 4.80 Å². The van der Waals surface area contributed by atoms with E-state index in [0.717, 1.165) is 37.8 Å².